The maximum Gasteiger partial charge on any atom is 0.196 e. The Hall–Kier alpha value is -1.61. The molecule has 0 bridgehead atoms. The second-order valence-corrected chi connectivity index (χ2v) is 4.10. The molecule has 0 atom stereocenters. The summed E-state index contributed by atoms with van der Waals surface area (Å²) in [5.41, 5.74) is 1.93. The summed E-state index contributed by atoms with van der Waals surface area (Å²) in [7, 11) is 0. The lowest BCUT2D eigenvalue weighted by atomic mass is 10.2. The zero-order valence-corrected chi connectivity index (χ0v) is 9.08. The van der Waals surface area contributed by atoms with Gasteiger partial charge in [0.15, 0.2) is 5.78 Å². The minimum atomic E-state index is 0.0451. The van der Waals surface area contributed by atoms with Gasteiger partial charge in [-0.25, -0.2) is 0 Å². The molecule has 2 aromatic rings. The molecule has 76 valence electrons. The molecule has 2 aromatic heterocycles. The van der Waals surface area contributed by atoms with Crippen LogP contribution in [-0.2, 0) is 0 Å². The molecular weight excluding hydrogens is 208 g/mol. The van der Waals surface area contributed by atoms with E-state index in [0.717, 1.165) is 16.0 Å². The molecular formula is C12H10O2S. The molecule has 0 aliphatic rings. The van der Waals surface area contributed by atoms with Crippen LogP contribution < -0.4 is 0 Å². The average Bonchev–Trinajstić information content (AvgIpc) is 2.84. The predicted octanol–water partition coefficient (Wildman–Crippen LogP) is 3.55. The van der Waals surface area contributed by atoms with E-state index < -0.39 is 0 Å². The number of hydrogen-bond acceptors (Lipinski definition) is 3. The lowest BCUT2D eigenvalue weighted by Gasteiger charge is -1.91. The maximum atomic E-state index is 11.7. The molecule has 0 fully saturated rings. The number of carbonyl (C=O) groups excluding carboxylic acids is 1. The Kier molecular flexibility index (Phi) is 2.83. The van der Waals surface area contributed by atoms with Gasteiger partial charge in [0.25, 0.3) is 0 Å². The number of carbonyl (C=O) groups is 1. The van der Waals surface area contributed by atoms with Crippen LogP contribution in [0.4, 0.5) is 0 Å². The van der Waals surface area contributed by atoms with Crippen LogP contribution in [0, 0.1) is 6.92 Å². The van der Waals surface area contributed by atoms with Crippen molar-refractivity contribution in [3.8, 4) is 0 Å². The summed E-state index contributed by atoms with van der Waals surface area (Å²) in [5.74, 6) is 0.0451. The van der Waals surface area contributed by atoms with Crippen LogP contribution in [0.25, 0.3) is 6.08 Å². The lowest BCUT2D eigenvalue weighted by molar-refractivity contribution is 0.105. The first-order valence-corrected chi connectivity index (χ1v) is 5.44. The van der Waals surface area contributed by atoms with Crippen LogP contribution in [0.5, 0.6) is 0 Å². The van der Waals surface area contributed by atoms with Crippen molar-refractivity contribution in [1.82, 2.24) is 0 Å². The summed E-state index contributed by atoms with van der Waals surface area (Å²) in [6.07, 6.45) is 6.51. The summed E-state index contributed by atoms with van der Waals surface area (Å²) in [5, 5.41) is 1.92. The number of furan rings is 1. The molecule has 2 rings (SSSR count). The lowest BCUT2D eigenvalue weighted by Crippen LogP contribution is -1.91. The number of rotatable bonds is 3. The zero-order valence-electron chi connectivity index (χ0n) is 8.27. The Labute approximate surface area is 91.9 Å². The van der Waals surface area contributed by atoms with Crippen molar-refractivity contribution >= 4 is 23.2 Å². The van der Waals surface area contributed by atoms with Gasteiger partial charge in [-0.05, 0) is 42.2 Å². The van der Waals surface area contributed by atoms with Crippen molar-refractivity contribution in [3.63, 3.8) is 0 Å². The number of hydrogen-bond donors (Lipinski definition) is 0. The first kappa shape index (κ1) is 9.93. The number of allylic oxidation sites excluding steroid dienone is 1. The highest BCUT2D eigenvalue weighted by Crippen LogP contribution is 2.17. The van der Waals surface area contributed by atoms with Crippen molar-refractivity contribution < 1.29 is 9.21 Å². The van der Waals surface area contributed by atoms with Gasteiger partial charge < -0.3 is 4.42 Å². The van der Waals surface area contributed by atoms with Gasteiger partial charge in [0.1, 0.15) is 0 Å². The number of ketones is 1. The molecule has 2 heterocycles. The Bertz CT molecular complexity index is 477. The Morgan fingerprint density at radius 3 is 2.93 bits per heavy atom. The van der Waals surface area contributed by atoms with Gasteiger partial charge in [0.05, 0.1) is 17.4 Å². The minimum absolute atomic E-state index is 0.0451. The highest BCUT2D eigenvalue weighted by atomic mass is 32.1. The van der Waals surface area contributed by atoms with E-state index in [1.165, 1.54) is 11.3 Å². The zero-order chi connectivity index (χ0) is 10.7. The normalized spacial score (nSPS) is 11.0. The van der Waals surface area contributed by atoms with E-state index in [4.69, 9.17) is 4.42 Å². The Balaban J connectivity index is 2.14. The second-order valence-electron chi connectivity index (χ2n) is 3.19. The molecule has 0 aliphatic carbocycles. The highest BCUT2D eigenvalue weighted by molar-refractivity contribution is 7.12. The molecule has 15 heavy (non-hydrogen) atoms. The number of aryl methyl sites for hydroxylation is 1. The molecule has 0 N–H and O–H groups in total. The fourth-order valence-corrected chi connectivity index (χ4v) is 2.09. The van der Waals surface area contributed by atoms with Gasteiger partial charge in [-0.15, -0.1) is 11.3 Å². The van der Waals surface area contributed by atoms with Crippen LogP contribution in [-0.4, -0.2) is 5.78 Å². The quantitative estimate of drug-likeness (QED) is 0.582. The molecule has 0 unspecified atom stereocenters. The average molecular weight is 218 g/mol. The van der Waals surface area contributed by atoms with Crippen molar-refractivity contribution in [3.05, 3.63) is 52.1 Å². The fraction of sp³-hybridized carbons (Fsp3) is 0.0833. The standard InChI is InChI=1S/C12H10O2S/c1-9-5-7-15-12(9)11(13)3-2-10-4-6-14-8-10/h2-8H,1H3. The van der Waals surface area contributed by atoms with Crippen LogP contribution in [0.1, 0.15) is 20.8 Å². The minimum Gasteiger partial charge on any atom is -0.472 e. The fourth-order valence-electron chi connectivity index (χ4n) is 1.24. The predicted molar refractivity (Wildman–Crippen MR) is 61.1 cm³/mol. The van der Waals surface area contributed by atoms with Gasteiger partial charge in [-0.2, -0.15) is 0 Å². The largest absolute Gasteiger partial charge is 0.472 e. The van der Waals surface area contributed by atoms with E-state index in [2.05, 4.69) is 0 Å². The van der Waals surface area contributed by atoms with Gasteiger partial charge >= 0.3 is 0 Å². The van der Waals surface area contributed by atoms with E-state index in [-0.39, 0.29) is 5.78 Å². The van der Waals surface area contributed by atoms with E-state index in [1.807, 2.05) is 24.4 Å². The summed E-state index contributed by atoms with van der Waals surface area (Å²) in [6, 6.07) is 3.76. The Morgan fingerprint density at radius 1 is 1.47 bits per heavy atom. The second kappa shape index (κ2) is 4.28. The first-order chi connectivity index (χ1) is 7.27. The third-order valence-corrected chi connectivity index (χ3v) is 3.09. The summed E-state index contributed by atoms with van der Waals surface area (Å²) >= 11 is 1.47. The summed E-state index contributed by atoms with van der Waals surface area (Å²) < 4.78 is 4.90. The maximum absolute atomic E-state index is 11.7. The van der Waals surface area contributed by atoms with E-state index in [0.29, 0.717) is 0 Å². The molecule has 0 amide bonds. The van der Waals surface area contributed by atoms with Gasteiger partial charge in [-0.1, -0.05) is 0 Å². The molecule has 0 saturated carbocycles. The topological polar surface area (TPSA) is 30.2 Å². The van der Waals surface area contributed by atoms with Crippen LogP contribution >= 0.6 is 11.3 Å². The molecule has 0 aliphatic heterocycles. The van der Waals surface area contributed by atoms with Gasteiger partial charge in [0.2, 0.25) is 0 Å². The molecule has 3 heteroatoms. The van der Waals surface area contributed by atoms with Crippen molar-refractivity contribution in [1.29, 1.82) is 0 Å². The van der Waals surface area contributed by atoms with E-state index in [1.54, 1.807) is 24.7 Å². The van der Waals surface area contributed by atoms with Gasteiger partial charge in [0, 0.05) is 5.56 Å². The summed E-state index contributed by atoms with van der Waals surface area (Å²) in [4.78, 5) is 12.5. The monoisotopic (exact) mass is 218 g/mol. The van der Waals surface area contributed by atoms with Crippen LogP contribution in [0.2, 0.25) is 0 Å². The molecule has 0 aromatic carbocycles. The molecule has 0 radical (unpaired) electrons. The number of thiophene rings is 1. The van der Waals surface area contributed by atoms with E-state index >= 15 is 0 Å². The third kappa shape index (κ3) is 2.25. The molecule has 0 saturated heterocycles. The van der Waals surface area contributed by atoms with E-state index in [9.17, 15) is 4.79 Å². The van der Waals surface area contributed by atoms with Crippen LogP contribution in [0.3, 0.4) is 0 Å². The Morgan fingerprint density at radius 2 is 2.33 bits per heavy atom. The molecule has 0 spiro atoms. The first-order valence-electron chi connectivity index (χ1n) is 4.56. The smallest absolute Gasteiger partial charge is 0.196 e. The van der Waals surface area contributed by atoms with Crippen molar-refractivity contribution in [2.45, 2.75) is 6.92 Å². The summed E-state index contributed by atoms with van der Waals surface area (Å²) in [6.45, 7) is 1.94. The van der Waals surface area contributed by atoms with Gasteiger partial charge in [-0.3, -0.25) is 4.79 Å². The van der Waals surface area contributed by atoms with Crippen LogP contribution in [0.15, 0.2) is 40.5 Å². The highest BCUT2D eigenvalue weighted by Gasteiger charge is 2.06. The third-order valence-electron chi connectivity index (χ3n) is 2.06. The molecule has 2 nitrogen and oxygen atoms in total. The van der Waals surface area contributed by atoms with Crippen molar-refractivity contribution in [2.75, 3.05) is 0 Å². The SMILES string of the molecule is Cc1ccsc1C(=O)C=Cc1ccoc1. The van der Waals surface area contributed by atoms with Crippen molar-refractivity contribution in [2.24, 2.45) is 0 Å².